The van der Waals surface area contributed by atoms with Crippen LogP contribution < -0.4 is 5.73 Å². The van der Waals surface area contributed by atoms with E-state index in [1.807, 2.05) is 0 Å². The molecule has 2 N–H and O–H groups in total. The number of hydrogen-bond acceptors (Lipinski definition) is 1. The number of nitrogens with two attached hydrogens (primary N) is 1. The summed E-state index contributed by atoms with van der Waals surface area (Å²) in [7, 11) is 0. The van der Waals surface area contributed by atoms with Gasteiger partial charge in [0.25, 0.3) is 0 Å². The van der Waals surface area contributed by atoms with E-state index in [1.165, 1.54) is 11.1 Å². The predicted octanol–water partition coefficient (Wildman–Crippen LogP) is 2.02. The molecule has 0 heterocycles. The highest BCUT2D eigenvalue weighted by Crippen LogP contribution is 2.29. The monoisotopic (exact) mass is 135 g/mol. The lowest BCUT2D eigenvalue weighted by Gasteiger charge is -2.10. The molecule has 0 aromatic carbocycles. The maximum absolute atomic E-state index is 5.03. The quantitative estimate of drug-likeness (QED) is 0.636. The molecule has 10 heavy (non-hydrogen) atoms. The van der Waals surface area contributed by atoms with Crippen molar-refractivity contribution in [1.29, 1.82) is 0 Å². The molecule has 0 saturated carbocycles. The molecule has 0 atom stereocenters. The average Bonchev–Trinajstić information content (AvgIpc) is 1.97. The fourth-order valence-electron chi connectivity index (χ4n) is 0.663. The molecule has 2 aliphatic rings. The van der Waals surface area contributed by atoms with Gasteiger partial charge in [-0.15, -0.1) is 0 Å². The fourth-order valence-corrected chi connectivity index (χ4v) is 0.663. The van der Waals surface area contributed by atoms with E-state index in [1.54, 1.807) is 0 Å². The first-order valence-electron chi connectivity index (χ1n) is 3.69. The van der Waals surface area contributed by atoms with E-state index in [0.717, 1.165) is 13.0 Å². The minimum Gasteiger partial charge on any atom is -0.330 e. The normalized spacial score (nSPS) is 9.80. The van der Waals surface area contributed by atoms with Gasteiger partial charge in [0.2, 0.25) is 0 Å². The molecule has 0 unspecified atom stereocenters. The first kappa shape index (κ1) is 7.29. The molecule has 0 radical (unpaired) electrons. The molecule has 0 spiro atoms. The highest BCUT2D eigenvalue weighted by Gasteiger charge is 2.03. The van der Waals surface area contributed by atoms with Crippen molar-refractivity contribution in [2.24, 2.45) is 5.73 Å². The highest BCUT2D eigenvalue weighted by molar-refractivity contribution is 5.75. The van der Waals surface area contributed by atoms with Gasteiger partial charge in [-0.05, 0) is 24.1 Å². The van der Waals surface area contributed by atoms with Crippen molar-refractivity contribution in [3.05, 3.63) is 24.3 Å². The first-order chi connectivity index (χ1) is 4.88. The van der Waals surface area contributed by atoms with Crippen LogP contribution in [0.3, 0.4) is 0 Å². The second-order valence-corrected chi connectivity index (χ2v) is 2.37. The van der Waals surface area contributed by atoms with Crippen molar-refractivity contribution in [3.8, 4) is 11.1 Å². The molecule has 0 amide bonds. The van der Waals surface area contributed by atoms with Gasteiger partial charge in [0.1, 0.15) is 0 Å². The number of fused-ring (bicyclic) bond motifs is 1. The SMILES string of the molecule is CCCN.c1cc2ccc1-2. The van der Waals surface area contributed by atoms with E-state index in [4.69, 9.17) is 5.73 Å². The minimum atomic E-state index is 0.819. The lowest BCUT2D eigenvalue weighted by Crippen LogP contribution is -1.93. The van der Waals surface area contributed by atoms with Gasteiger partial charge >= 0.3 is 0 Å². The van der Waals surface area contributed by atoms with E-state index in [0.29, 0.717) is 0 Å². The van der Waals surface area contributed by atoms with E-state index in [-0.39, 0.29) is 0 Å². The smallest absolute Gasteiger partial charge is 0.00799 e. The topological polar surface area (TPSA) is 26.0 Å². The Morgan fingerprint density at radius 1 is 1.10 bits per heavy atom. The maximum Gasteiger partial charge on any atom is -0.00799 e. The second kappa shape index (κ2) is 3.37. The van der Waals surface area contributed by atoms with E-state index < -0.39 is 0 Å². The zero-order valence-corrected chi connectivity index (χ0v) is 6.30. The minimum absolute atomic E-state index is 0.819. The Morgan fingerprint density at radius 3 is 1.40 bits per heavy atom. The fraction of sp³-hybridized carbons (Fsp3) is 0.333. The van der Waals surface area contributed by atoms with Crippen molar-refractivity contribution < 1.29 is 0 Å². The van der Waals surface area contributed by atoms with E-state index in [2.05, 4.69) is 31.2 Å². The Balaban J connectivity index is 0.000000112. The van der Waals surface area contributed by atoms with Gasteiger partial charge in [0.05, 0.1) is 0 Å². The van der Waals surface area contributed by atoms with Crippen molar-refractivity contribution in [2.45, 2.75) is 13.3 Å². The maximum atomic E-state index is 5.03. The Bertz CT molecular complexity index is 165. The van der Waals surface area contributed by atoms with Crippen LogP contribution in [0.15, 0.2) is 24.3 Å². The molecule has 0 saturated heterocycles. The van der Waals surface area contributed by atoms with Gasteiger partial charge in [0, 0.05) is 0 Å². The molecule has 0 aromatic heterocycles. The summed E-state index contributed by atoms with van der Waals surface area (Å²) < 4.78 is 0. The Morgan fingerprint density at radius 2 is 1.40 bits per heavy atom. The summed E-state index contributed by atoms with van der Waals surface area (Å²) in [5.74, 6) is 0. The van der Waals surface area contributed by atoms with E-state index in [9.17, 15) is 0 Å². The molecule has 0 aliphatic heterocycles. The summed E-state index contributed by atoms with van der Waals surface area (Å²) >= 11 is 0. The van der Waals surface area contributed by atoms with Crippen molar-refractivity contribution >= 4 is 0 Å². The molecule has 2 aliphatic carbocycles. The molecule has 0 fully saturated rings. The molecule has 54 valence electrons. The van der Waals surface area contributed by atoms with Gasteiger partial charge in [-0.3, -0.25) is 0 Å². The summed E-state index contributed by atoms with van der Waals surface area (Å²) in [5, 5.41) is 0. The van der Waals surface area contributed by atoms with Gasteiger partial charge in [0.15, 0.2) is 0 Å². The Labute approximate surface area is 61.9 Å². The van der Waals surface area contributed by atoms with Crippen LogP contribution in [0.2, 0.25) is 0 Å². The molecule has 1 nitrogen and oxygen atoms in total. The lowest BCUT2D eigenvalue weighted by molar-refractivity contribution is 0.932. The summed E-state index contributed by atoms with van der Waals surface area (Å²) in [6, 6.07) is 8.48. The van der Waals surface area contributed by atoms with Gasteiger partial charge in [-0.25, -0.2) is 0 Å². The van der Waals surface area contributed by atoms with Gasteiger partial charge in [-0.1, -0.05) is 31.2 Å². The van der Waals surface area contributed by atoms with Crippen LogP contribution in [-0.4, -0.2) is 6.54 Å². The van der Waals surface area contributed by atoms with Crippen molar-refractivity contribution in [3.63, 3.8) is 0 Å². The zero-order chi connectivity index (χ0) is 7.40. The average molecular weight is 135 g/mol. The molecule has 2 rings (SSSR count). The van der Waals surface area contributed by atoms with Crippen LogP contribution >= 0.6 is 0 Å². The molecule has 0 bridgehead atoms. The van der Waals surface area contributed by atoms with Crippen LogP contribution in [0.25, 0.3) is 11.1 Å². The van der Waals surface area contributed by atoms with Crippen LogP contribution in [-0.2, 0) is 0 Å². The number of hydrogen-bond donors (Lipinski definition) is 1. The first-order valence-corrected chi connectivity index (χ1v) is 3.69. The van der Waals surface area contributed by atoms with Crippen molar-refractivity contribution in [1.82, 2.24) is 0 Å². The molecule has 1 heteroatoms. The zero-order valence-electron chi connectivity index (χ0n) is 6.30. The predicted molar refractivity (Wildman–Crippen MR) is 44.8 cm³/mol. The van der Waals surface area contributed by atoms with Crippen LogP contribution in [0.1, 0.15) is 13.3 Å². The van der Waals surface area contributed by atoms with E-state index >= 15 is 0 Å². The largest absolute Gasteiger partial charge is 0.330 e. The van der Waals surface area contributed by atoms with Crippen molar-refractivity contribution in [2.75, 3.05) is 6.54 Å². The summed E-state index contributed by atoms with van der Waals surface area (Å²) in [4.78, 5) is 0. The molecule has 0 aromatic rings. The van der Waals surface area contributed by atoms with Crippen LogP contribution in [0.5, 0.6) is 0 Å². The van der Waals surface area contributed by atoms with Gasteiger partial charge in [-0.2, -0.15) is 0 Å². The number of rotatable bonds is 1. The third-order valence-corrected chi connectivity index (χ3v) is 1.51. The Hall–Kier alpha value is -0.820. The Kier molecular flexibility index (Phi) is 2.46. The lowest BCUT2D eigenvalue weighted by atomic mass is 9.95. The summed E-state index contributed by atoms with van der Waals surface area (Å²) in [6.07, 6.45) is 1.10. The third-order valence-electron chi connectivity index (χ3n) is 1.51. The van der Waals surface area contributed by atoms with Gasteiger partial charge < -0.3 is 5.73 Å². The number of benzene rings is 1. The summed E-state index contributed by atoms with van der Waals surface area (Å²) in [5.41, 5.74) is 7.88. The third kappa shape index (κ3) is 1.36. The highest BCUT2D eigenvalue weighted by atomic mass is 14.5. The molecular formula is C9H13N. The molecular weight excluding hydrogens is 122 g/mol. The summed E-state index contributed by atoms with van der Waals surface area (Å²) in [6.45, 7) is 2.88. The second-order valence-electron chi connectivity index (χ2n) is 2.37. The van der Waals surface area contributed by atoms with Crippen LogP contribution in [0.4, 0.5) is 0 Å². The van der Waals surface area contributed by atoms with Crippen LogP contribution in [0, 0.1) is 0 Å². The standard InChI is InChI=1S/C6H4.C3H9N/c1-2-6-4-3-5(1)6;1-2-3-4/h1-4H;2-4H2,1H3.